The van der Waals surface area contributed by atoms with E-state index in [1.807, 2.05) is 47.3 Å². The van der Waals surface area contributed by atoms with Crippen molar-refractivity contribution in [3.05, 3.63) is 47.9 Å². The summed E-state index contributed by atoms with van der Waals surface area (Å²) >= 11 is 1.88. The highest BCUT2D eigenvalue weighted by molar-refractivity contribution is 8.02. The molecule has 2 aliphatic rings. The SMILES string of the molecule is CC(C)C(=O)N1CCC(C2SC=CN2Cc2ccn3ccnc3c2)C1. The van der Waals surface area contributed by atoms with Gasteiger partial charge in [0.1, 0.15) is 5.65 Å². The summed E-state index contributed by atoms with van der Waals surface area (Å²) in [6.45, 7) is 6.63. The smallest absolute Gasteiger partial charge is 0.225 e. The highest BCUT2D eigenvalue weighted by Gasteiger charge is 2.36. The van der Waals surface area contributed by atoms with Crippen LogP contribution in [0.1, 0.15) is 25.8 Å². The van der Waals surface area contributed by atoms with Gasteiger partial charge in [0.2, 0.25) is 5.91 Å². The molecule has 1 saturated heterocycles. The first-order valence-electron chi connectivity index (χ1n) is 8.90. The Bertz CT molecular complexity index is 800. The number of imidazole rings is 1. The summed E-state index contributed by atoms with van der Waals surface area (Å²) in [5, 5.41) is 2.60. The van der Waals surface area contributed by atoms with Gasteiger partial charge >= 0.3 is 0 Å². The Morgan fingerprint density at radius 3 is 3.12 bits per heavy atom. The van der Waals surface area contributed by atoms with Gasteiger partial charge in [0.05, 0.1) is 5.37 Å². The summed E-state index contributed by atoms with van der Waals surface area (Å²) in [4.78, 5) is 21.1. The molecule has 2 atom stereocenters. The Balaban J connectivity index is 1.43. The standard InChI is InChI=1S/C19H24N4OS/c1-14(2)18(24)22-7-4-16(13-22)19-23(9-10-25-19)12-15-3-6-21-8-5-20-17(21)11-15/h3,5-6,8-11,14,16,19H,4,7,12-13H2,1-2H3. The number of carbonyl (C=O) groups excluding carboxylic acids is 1. The van der Waals surface area contributed by atoms with Gasteiger partial charge in [0, 0.05) is 56.3 Å². The zero-order valence-electron chi connectivity index (χ0n) is 14.7. The van der Waals surface area contributed by atoms with Crippen LogP contribution in [0, 0.1) is 11.8 Å². The second kappa shape index (κ2) is 6.75. The molecule has 0 bridgehead atoms. The van der Waals surface area contributed by atoms with E-state index in [-0.39, 0.29) is 11.8 Å². The number of carbonyl (C=O) groups is 1. The molecule has 0 aliphatic carbocycles. The van der Waals surface area contributed by atoms with E-state index in [9.17, 15) is 4.79 Å². The van der Waals surface area contributed by atoms with Crippen LogP contribution in [0.5, 0.6) is 0 Å². The Labute approximate surface area is 152 Å². The van der Waals surface area contributed by atoms with Crippen molar-refractivity contribution in [3.8, 4) is 0 Å². The van der Waals surface area contributed by atoms with Crippen molar-refractivity contribution < 1.29 is 4.79 Å². The number of nitrogens with zero attached hydrogens (tertiary/aromatic N) is 4. The van der Waals surface area contributed by atoms with Gasteiger partial charge in [-0.2, -0.15) is 0 Å². The molecule has 25 heavy (non-hydrogen) atoms. The average Bonchev–Trinajstić information content (AvgIpc) is 3.33. The molecule has 2 aliphatic heterocycles. The topological polar surface area (TPSA) is 40.9 Å². The number of hydrogen-bond acceptors (Lipinski definition) is 4. The first-order valence-corrected chi connectivity index (χ1v) is 9.84. The third-order valence-corrected chi connectivity index (χ3v) is 6.27. The lowest BCUT2D eigenvalue weighted by molar-refractivity contribution is -0.133. The third kappa shape index (κ3) is 3.27. The van der Waals surface area contributed by atoms with Gasteiger partial charge in [0.15, 0.2) is 0 Å². The minimum atomic E-state index is 0.0884. The summed E-state index contributed by atoms with van der Waals surface area (Å²) in [6, 6.07) is 4.31. The van der Waals surface area contributed by atoms with Crippen molar-refractivity contribution in [3.63, 3.8) is 0 Å². The quantitative estimate of drug-likeness (QED) is 0.844. The Morgan fingerprint density at radius 1 is 1.40 bits per heavy atom. The number of thioether (sulfide) groups is 1. The van der Waals surface area contributed by atoms with Gasteiger partial charge in [-0.3, -0.25) is 4.79 Å². The maximum absolute atomic E-state index is 12.3. The molecule has 0 spiro atoms. The van der Waals surface area contributed by atoms with Crippen LogP contribution in [-0.4, -0.2) is 43.6 Å². The lowest BCUT2D eigenvalue weighted by atomic mass is 10.1. The molecular formula is C19H24N4OS. The number of likely N-dealkylation sites (tertiary alicyclic amines) is 1. The molecule has 0 radical (unpaired) electrons. The molecular weight excluding hydrogens is 332 g/mol. The number of rotatable bonds is 4. The fourth-order valence-electron chi connectivity index (χ4n) is 3.73. The van der Waals surface area contributed by atoms with Crippen LogP contribution in [0.15, 0.2) is 42.3 Å². The second-order valence-corrected chi connectivity index (χ2v) is 8.23. The molecule has 0 saturated carbocycles. The van der Waals surface area contributed by atoms with Crippen LogP contribution in [0.3, 0.4) is 0 Å². The van der Waals surface area contributed by atoms with Crippen LogP contribution in [0.2, 0.25) is 0 Å². The van der Waals surface area contributed by atoms with Crippen molar-refractivity contribution in [1.82, 2.24) is 19.2 Å². The van der Waals surface area contributed by atoms with Crippen molar-refractivity contribution in [1.29, 1.82) is 0 Å². The Morgan fingerprint density at radius 2 is 2.28 bits per heavy atom. The molecule has 0 N–H and O–H groups in total. The fraction of sp³-hybridized carbons (Fsp3) is 0.474. The number of amides is 1. The van der Waals surface area contributed by atoms with Crippen molar-refractivity contribution in [2.24, 2.45) is 11.8 Å². The predicted octanol–water partition coefficient (Wildman–Crippen LogP) is 3.18. The highest BCUT2D eigenvalue weighted by Crippen LogP contribution is 2.37. The normalized spacial score (nSPS) is 23.3. The summed E-state index contributed by atoms with van der Waals surface area (Å²) < 4.78 is 2.03. The maximum atomic E-state index is 12.3. The predicted molar refractivity (Wildman–Crippen MR) is 101 cm³/mol. The zero-order chi connectivity index (χ0) is 17.4. The molecule has 1 fully saturated rings. The highest BCUT2D eigenvalue weighted by atomic mass is 32.2. The maximum Gasteiger partial charge on any atom is 0.225 e. The molecule has 1 amide bonds. The molecule has 4 heterocycles. The number of fused-ring (bicyclic) bond motifs is 1. The summed E-state index contributed by atoms with van der Waals surface area (Å²) in [5.74, 6) is 0.901. The summed E-state index contributed by atoms with van der Waals surface area (Å²) in [5.41, 5.74) is 2.25. The average molecular weight is 356 g/mol. The van der Waals surface area contributed by atoms with E-state index in [4.69, 9.17) is 0 Å². The number of pyridine rings is 1. The van der Waals surface area contributed by atoms with Gasteiger partial charge < -0.3 is 14.2 Å². The van der Waals surface area contributed by atoms with Crippen molar-refractivity contribution >= 4 is 23.3 Å². The fourth-order valence-corrected chi connectivity index (χ4v) is 4.86. The van der Waals surface area contributed by atoms with E-state index in [0.717, 1.165) is 31.7 Å². The van der Waals surface area contributed by atoms with Crippen molar-refractivity contribution in [2.75, 3.05) is 13.1 Å². The van der Waals surface area contributed by atoms with Gasteiger partial charge in [-0.25, -0.2) is 4.98 Å². The van der Waals surface area contributed by atoms with Gasteiger partial charge in [-0.15, -0.1) is 11.8 Å². The molecule has 6 heteroatoms. The van der Waals surface area contributed by atoms with Crippen LogP contribution in [0.4, 0.5) is 0 Å². The lowest BCUT2D eigenvalue weighted by Gasteiger charge is -2.30. The Kier molecular flexibility index (Phi) is 4.46. The van der Waals surface area contributed by atoms with Gasteiger partial charge in [0.25, 0.3) is 0 Å². The van der Waals surface area contributed by atoms with E-state index in [0.29, 0.717) is 11.3 Å². The Hall–Kier alpha value is -1.95. The van der Waals surface area contributed by atoms with E-state index in [1.54, 1.807) is 0 Å². The molecule has 2 aromatic heterocycles. The minimum absolute atomic E-state index is 0.0884. The molecule has 2 aromatic rings. The van der Waals surface area contributed by atoms with E-state index in [1.165, 1.54) is 5.56 Å². The van der Waals surface area contributed by atoms with Crippen LogP contribution in [0.25, 0.3) is 5.65 Å². The number of hydrogen-bond donors (Lipinski definition) is 0. The zero-order valence-corrected chi connectivity index (χ0v) is 15.5. The first kappa shape index (κ1) is 16.5. The lowest BCUT2D eigenvalue weighted by Crippen LogP contribution is -2.36. The van der Waals surface area contributed by atoms with Crippen LogP contribution in [-0.2, 0) is 11.3 Å². The van der Waals surface area contributed by atoms with E-state index in [2.05, 4.69) is 39.8 Å². The second-order valence-electron chi connectivity index (χ2n) is 7.20. The third-order valence-electron chi connectivity index (χ3n) is 5.06. The van der Waals surface area contributed by atoms with Crippen molar-refractivity contribution in [2.45, 2.75) is 32.2 Å². The van der Waals surface area contributed by atoms with E-state index >= 15 is 0 Å². The number of aromatic nitrogens is 2. The monoisotopic (exact) mass is 356 g/mol. The summed E-state index contributed by atoms with van der Waals surface area (Å²) in [6.07, 6.45) is 9.14. The van der Waals surface area contributed by atoms with Crippen LogP contribution >= 0.6 is 11.8 Å². The molecule has 0 aromatic carbocycles. The largest absolute Gasteiger partial charge is 0.360 e. The van der Waals surface area contributed by atoms with Gasteiger partial charge in [-0.1, -0.05) is 13.8 Å². The summed E-state index contributed by atoms with van der Waals surface area (Å²) in [7, 11) is 0. The minimum Gasteiger partial charge on any atom is -0.360 e. The van der Waals surface area contributed by atoms with E-state index < -0.39 is 0 Å². The molecule has 132 valence electrons. The molecule has 2 unspecified atom stereocenters. The molecule has 5 nitrogen and oxygen atoms in total. The first-order chi connectivity index (χ1) is 12.1. The molecule has 4 rings (SSSR count). The van der Waals surface area contributed by atoms with Gasteiger partial charge in [-0.05, 0) is 29.5 Å². The van der Waals surface area contributed by atoms with Crippen LogP contribution < -0.4 is 0 Å².